The Morgan fingerprint density at radius 2 is 1.82 bits per heavy atom. The fraction of sp³-hybridized carbons (Fsp3) is 0.480. The molecule has 3 heterocycles. The summed E-state index contributed by atoms with van der Waals surface area (Å²) in [6, 6.07) is 10.9. The molecule has 1 saturated heterocycles. The first kappa shape index (κ1) is 23.0. The molecule has 1 aliphatic carbocycles. The lowest BCUT2D eigenvalue weighted by atomic mass is 9.98. The summed E-state index contributed by atoms with van der Waals surface area (Å²) in [7, 11) is -3.19. The van der Waals surface area contributed by atoms with E-state index in [1.54, 1.807) is 18.3 Å². The number of hydrogen-bond donors (Lipinski definition) is 0. The average molecular weight is 483 g/mol. The largest absolute Gasteiger partial charge is 0.474 e. The second kappa shape index (κ2) is 9.84. The number of pyridine rings is 1. The fourth-order valence-corrected chi connectivity index (χ4v) is 5.43. The molecule has 0 radical (unpaired) electrons. The quantitative estimate of drug-likeness (QED) is 0.482. The highest BCUT2D eigenvalue weighted by Crippen LogP contribution is 2.33. The van der Waals surface area contributed by atoms with Crippen molar-refractivity contribution >= 4 is 9.84 Å². The van der Waals surface area contributed by atoms with Crippen LogP contribution in [0.5, 0.6) is 5.88 Å². The van der Waals surface area contributed by atoms with E-state index in [1.807, 2.05) is 24.3 Å². The minimum Gasteiger partial charge on any atom is -0.474 e. The first-order valence-corrected chi connectivity index (χ1v) is 13.8. The number of ether oxygens (including phenoxy) is 1. The summed E-state index contributed by atoms with van der Waals surface area (Å²) in [5.41, 5.74) is 1.85. The third-order valence-corrected chi connectivity index (χ3v) is 7.79. The number of rotatable bonds is 7. The van der Waals surface area contributed by atoms with Crippen molar-refractivity contribution in [3.8, 4) is 17.3 Å². The molecule has 1 atom stereocenters. The van der Waals surface area contributed by atoms with Crippen molar-refractivity contribution in [2.75, 3.05) is 12.8 Å². The standard InChI is InChI=1S/C25H30N4O4S/c1-34(30,31)21-12-9-18(10-13-21)17-29-15-5-8-22(29)25-27-24(28-33-25)19-11-14-23(26-16-19)32-20-6-3-2-4-7-20/h9-14,16,20,22H,2-8,15,17H2,1H3/t22-/m0/s1. The van der Waals surface area contributed by atoms with Gasteiger partial charge in [-0.1, -0.05) is 23.7 Å². The van der Waals surface area contributed by atoms with E-state index in [2.05, 4.69) is 20.0 Å². The molecule has 34 heavy (non-hydrogen) atoms. The number of sulfone groups is 1. The Balaban J connectivity index is 1.24. The maximum Gasteiger partial charge on any atom is 0.244 e. The Bertz CT molecular complexity index is 1200. The van der Waals surface area contributed by atoms with Crippen LogP contribution in [0, 0.1) is 0 Å². The van der Waals surface area contributed by atoms with E-state index in [1.165, 1.54) is 25.5 Å². The molecule has 0 bridgehead atoms. The molecule has 5 rings (SSSR count). The molecule has 3 aromatic rings. The molecule has 180 valence electrons. The van der Waals surface area contributed by atoms with Gasteiger partial charge in [0.05, 0.1) is 10.9 Å². The molecule has 1 saturated carbocycles. The Kier molecular flexibility index (Phi) is 6.65. The highest BCUT2D eigenvalue weighted by Gasteiger charge is 2.31. The first-order chi connectivity index (χ1) is 16.5. The van der Waals surface area contributed by atoms with Gasteiger partial charge in [0.25, 0.3) is 0 Å². The second-order valence-corrected chi connectivity index (χ2v) is 11.3. The summed E-state index contributed by atoms with van der Waals surface area (Å²) in [5.74, 6) is 1.77. The normalized spacial score (nSPS) is 20.0. The van der Waals surface area contributed by atoms with Crippen molar-refractivity contribution in [1.29, 1.82) is 0 Å². The summed E-state index contributed by atoms with van der Waals surface area (Å²) in [6.45, 7) is 1.62. The van der Waals surface area contributed by atoms with Gasteiger partial charge in [-0.25, -0.2) is 13.4 Å². The molecule has 1 aromatic carbocycles. The van der Waals surface area contributed by atoms with E-state index >= 15 is 0 Å². The predicted octanol–water partition coefficient (Wildman–Crippen LogP) is 4.58. The van der Waals surface area contributed by atoms with Crippen molar-refractivity contribution in [2.45, 2.75) is 68.5 Å². The molecule has 0 spiro atoms. The SMILES string of the molecule is CS(=O)(=O)c1ccc(CN2CCC[C@H]2c2nc(-c3ccc(OC4CCCCC4)nc3)no2)cc1. The van der Waals surface area contributed by atoms with Gasteiger partial charge >= 0.3 is 0 Å². The lowest BCUT2D eigenvalue weighted by Gasteiger charge is -2.22. The maximum absolute atomic E-state index is 11.7. The van der Waals surface area contributed by atoms with Crippen LogP contribution in [-0.2, 0) is 16.4 Å². The van der Waals surface area contributed by atoms with Gasteiger partial charge in [-0.2, -0.15) is 4.98 Å². The number of likely N-dealkylation sites (tertiary alicyclic amines) is 1. The van der Waals surface area contributed by atoms with Gasteiger partial charge in [0.15, 0.2) is 9.84 Å². The number of benzene rings is 1. The second-order valence-electron chi connectivity index (χ2n) is 9.26. The highest BCUT2D eigenvalue weighted by atomic mass is 32.2. The van der Waals surface area contributed by atoms with Crippen LogP contribution in [0.25, 0.3) is 11.4 Å². The minimum atomic E-state index is -3.19. The van der Waals surface area contributed by atoms with Crippen LogP contribution < -0.4 is 4.74 Å². The number of hydrogen-bond acceptors (Lipinski definition) is 8. The maximum atomic E-state index is 11.7. The third-order valence-electron chi connectivity index (χ3n) is 6.66. The van der Waals surface area contributed by atoms with Crippen LogP contribution in [0.2, 0.25) is 0 Å². The lowest BCUT2D eigenvalue weighted by Crippen LogP contribution is -2.23. The van der Waals surface area contributed by atoms with Crippen LogP contribution in [-0.4, -0.2) is 47.3 Å². The molecule has 2 aliphatic rings. The van der Waals surface area contributed by atoms with E-state index < -0.39 is 9.84 Å². The predicted molar refractivity (Wildman–Crippen MR) is 127 cm³/mol. The lowest BCUT2D eigenvalue weighted by molar-refractivity contribution is 0.148. The van der Waals surface area contributed by atoms with Crippen LogP contribution in [0.3, 0.4) is 0 Å². The van der Waals surface area contributed by atoms with Gasteiger partial charge in [-0.05, 0) is 68.8 Å². The van der Waals surface area contributed by atoms with Crippen LogP contribution in [0.4, 0.5) is 0 Å². The minimum absolute atomic E-state index is 0.0395. The zero-order valence-electron chi connectivity index (χ0n) is 19.4. The van der Waals surface area contributed by atoms with Crippen LogP contribution in [0.15, 0.2) is 52.0 Å². The smallest absolute Gasteiger partial charge is 0.244 e. The average Bonchev–Trinajstić information content (AvgIpc) is 3.50. The van der Waals surface area contributed by atoms with Crippen molar-refractivity contribution in [2.24, 2.45) is 0 Å². The molecule has 9 heteroatoms. The molecule has 2 aromatic heterocycles. The van der Waals surface area contributed by atoms with E-state index in [9.17, 15) is 8.42 Å². The van der Waals surface area contributed by atoms with E-state index in [4.69, 9.17) is 9.26 Å². The van der Waals surface area contributed by atoms with E-state index in [-0.39, 0.29) is 12.1 Å². The third kappa shape index (κ3) is 5.31. The van der Waals surface area contributed by atoms with Crippen molar-refractivity contribution in [3.63, 3.8) is 0 Å². The van der Waals surface area contributed by atoms with Gasteiger partial charge in [0.2, 0.25) is 17.6 Å². The summed E-state index contributed by atoms with van der Waals surface area (Å²) in [6.07, 6.45) is 11.1. The van der Waals surface area contributed by atoms with Gasteiger partial charge in [0, 0.05) is 30.6 Å². The summed E-state index contributed by atoms with van der Waals surface area (Å²) in [4.78, 5) is 11.8. The molecule has 1 aliphatic heterocycles. The summed E-state index contributed by atoms with van der Waals surface area (Å²) in [5, 5.41) is 4.20. The van der Waals surface area contributed by atoms with Gasteiger partial charge in [0.1, 0.15) is 6.10 Å². The Labute approximate surface area is 200 Å². The molecule has 0 unspecified atom stereocenters. The summed E-state index contributed by atoms with van der Waals surface area (Å²) < 4.78 is 35.1. The monoisotopic (exact) mass is 482 g/mol. The topological polar surface area (TPSA) is 98.4 Å². The van der Waals surface area contributed by atoms with Crippen molar-refractivity contribution < 1.29 is 17.7 Å². The number of aromatic nitrogens is 3. The molecule has 0 amide bonds. The van der Waals surface area contributed by atoms with Gasteiger partial charge in [-0.3, -0.25) is 4.90 Å². The molecular weight excluding hydrogens is 452 g/mol. The molecule has 2 fully saturated rings. The van der Waals surface area contributed by atoms with Gasteiger partial charge < -0.3 is 9.26 Å². The van der Waals surface area contributed by atoms with Crippen LogP contribution in [0.1, 0.15) is 62.4 Å². The van der Waals surface area contributed by atoms with Crippen molar-refractivity contribution in [1.82, 2.24) is 20.0 Å². The Morgan fingerprint density at radius 1 is 1.03 bits per heavy atom. The summed E-state index contributed by atoms with van der Waals surface area (Å²) >= 11 is 0. The zero-order valence-corrected chi connectivity index (χ0v) is 20.2. The van der Waals surface area contributed by atoms with E-state index in [0.29, 0.717) is 29.0 Å². The number of nitrogens with zero attached hydrogens (tertiary/aromatic N) is 4. The van der Waals surface area contributed by atoms with Crippen molar-refractivity contribution in [3.05, 3.63) is 54.0 Å². The molecule has 0 N–H and O–H groups in total. The highest BCUT2D eigenvalue weighted by molar-refractivity contribution is 7.90. The molecule has 8 nitrogen and oxygen atoms in total. The van der Waals surface area contributed by atoms with Crippen LogP contribution >= 0.6 is 0 Å². The Morgan fingerprint density at radius 3 is 2.53 bits per heavy atom. The Hall–Kier alpha value is -2.78. The van der Waals surface area contributed by atoms with E-state index in [0.717, 1.165) is 43.4 Å². The first-order valence-electron chi connectivity index (χ1n) is 12.0. The van der Waals surface area contributed by atoms with Gasteiger partial charge in [-0.15, -0.1) is 0 Å². The fourth-order valence-electron chi connectivity index (χ4n) is 4.80. The molecular formula is C25H30N4O4S. The zero-order chi connectivity index (χ0) is 23.5.